The van der Waals surface area contributed by atoms with Gasteiger partial charge in [0.1, 0.15) is 11.9 Å². The molecule has 156 valence electrons. The fourth-order valence-electron chi connectivity index (χ4n) is 3.42. The number of amides is 1. The van der Waals surface area contributed by atoms with Crippen LogP contribution < -0.4 is 10.1 Å². The second kappa shape index (κ2) is 8.39. The highest BCUT2D eigenvalue weighted by molar-refractivity contribution is 7.89. The Hall–Kier alpha value is -2.01. The van der Waals surface area contributed by atoms with Gasteiger partial charge < -0.3 is 9.47 Å². The van der Waals surface area contributed by atoms with Crippen molar-refractivity contribution in [2.45, 2.75) is 43.7 Å². The zero-order chi connectivity index (χ0) is 20.4. The summed E-state index contributed by atoms with van der Waals surface area (Å²) in [6.07, 6.45) is 1.68. The maximum absolute atomic E-state index is 13.0. The van der Waals surface area contributed by atoms with Crippen molar-refractivity contribution in [2.75, 3.05) is 25.1 Å². The summed E-state index contributed by atoms with van der Waals surface area (Å²) in [6.45, 7) is 3.61. The molecule has 2 aromatic rings. The zero-order valence-corrected chi connectivity index (χ0v) is 17.7. The van der Waals surface area contributed by atoms with Gasteiger partial charge in [-0.2, -0.15) is 4.31 Å². The lowest BCUT2D eigenvalue weighted by Gasteiger charge is -2.25. The van der Waals surface area contributed by atoms with Crippen LogP contribution in [-0.2, 0) is 32.5 Å². The normalized spacial score (nSPS) is 19.7. The van der Waals surface area contributed by atoms with Crippen LogP contribution in [0.3, 0.4) is 0 Å². The fraction of sp³-hybridized carbons (Fsp3) is 0.474. The van der Waals surface area contributed by atoms with Crippen molar-refractivity contribution in [1.29, 1.82) is 0 Å². The Labute approximate surface area is 173 Å². The molecule has 1 aromatic heterocycles. The van der Waals surface area contributed by atoms with E-state index in [1.807, 2.05) is 6.92 Å². The predicted octanol–water partition coefficient (Wildman–Crippen LogP) is 2.41. The minimum absolute atomic E-state index is 0.188. The van der Waals surface area contributed by atoms with Crippen LogP contribution in [0.2, 0.25) is 0 Å². The second-order valence-corrected chi connectivity index (χ2v) is 9.89. The summed E-state index contributed by atoms with van der Waals surface area (Å²) in [5.41, 5.74) is 0.843. The highest BCUT2D eigenvalue weighted by atomic mass is 32.2. The van der Waals surface area contributed by atoms with E-state index in [-0.39, 0.29) is 17.3 Å². The Morgan fingerprint density at radius 1 is 1.38 bits per heavy atom. The molecule has 0 spiro atoms. The highest BCUT2D eigenvalue weighted by Gasteiger charge is 2.31. The van der Waals surface area contributed by atoms with Crippen LogP contribution in [0.5, 0.6) is 5.75 Å². The topological polar surface area (TPSA) is 97.8 Å². The summed E-state index contributed by atoms with van der Waals surface area (Å²) in [7, 11) is -3.61. The molecule has 8 nitrogen and oxygen atoms in total. The number of ether oxygens (including phenoxy) is 2. The molecule has 1 saturated heterocycles. The summed E-state index contributed by atoms with van der Waals surface area (Å²) >= 11 is 1.32. The standard InChI is InChI=1S/C19H23N3O5S2/c1-2-26-13-5-7-14(8-6-13)29(24,25)22-10-9-15-17(12-22)28-19(20-15)21-18(23)16-4-3-11-27-16/h5-8,16H,2-4,9-12H2,1H3,(H,20,21,23). The molecule has 10 heteroatoms. The van der Waals surface area contributed by atoms with Crippen molar-refractivity contribution in [3.63, 3.8) is 0 Å². The van der Waals surface area contributed by atoms with E-state index in [0.29, 0.717) is 43.5 Å². The maximum atomic E-state index is 13.0. The van der Waals surface area contributed by atoms with Crippen LogP contribution in [-0.4, -0.2) is 49.5 Å². The third-order valence-corrected chi connectivity index (χ3v) is 7.78. The predicted molar refractivity (Wildman–Crippen MR) is 109 cm³/mol. The van der Waals surface area contributed by atoms with Gasteiger partial charge in [0, 0.05) is 24.4 Å². The van der Waals surface area contributed by atoms with Crippen LogP contribution in [0.1, 0.15) is 30.3 Å². The smallest absolute Gasteiger partial charge is 0.255 e. The van der Waals surface area contributed by atoms with Crippen molar-refractivity contribution in [2.24, 2.45) is 0 Å². The maximum Gasteiger partial charge on any atom is 0.255 e. The first-order chi connectivity index (χ1) is 14.0. The summed E-state index contributed by atoms with van der Waals surface area (Å²) in [4.78, 5) is 17.8. The van der Waals surface area contributed by atoms with Gasteiger partial charge in [0.05, 0.1) is 23.7 Å². The summed E-state index contributed by atoms with van der Waals surface area (Å²) in [5, 5.41) is 3.30. The molecule has 0 saturated carbocycles. The summed E-state index contributed by atoms with van der Waals surface area (Å²) in [5.74, 6) is 0.453. The molecule has 1 atom stereocenters. The number of nitrogens with one attached hydrogen (secondary N) is 1. The van der Waals surface area contributed by atoms with Crippen molar-refractivity contribution in [3.05, 3.63) is 34.8 Å². The van der Waals surface area contributed by atoms with Gasteiger partial charge in [-0.3, -0.25) is 10.1 Å². The van der Waals surface area contributed by atoms with Crippen molar-refractivity contribution in [3.8, 4) is 5.75 Å². The largest absolute Gasteiger partial charge is 0.494 e. The molecular weight excluding hydrogens is 414 g/mol. The quantitative estimate of drug-likeness (QED) is 0.745. The number of benzene rings is 1. The van der Waals surface area contributed by atoms with Gasteiger partial charge >= 0.3 is 0 Å². The van der Waals surface area contributed by atoms with E-state index in [9.17, 15) is 13.2 Å². The number of carbonyl (C=O) groups excluding carboxylic acids is 1. The van der Waals surface area contributed by atoms with Crippen molar-refractivity contribution < 1.29 is 22.7 Å². The molecule has 29 heavy (non-hydrogen) atoms. The minimum Gasteiger partial charge on any atom is -0.494 e. The number of anilines is 1. The van der Waals surface area contributed by atoms with Gasteiger partial charge in [0.25, 0.3) is 5.91 Å². The minimum atomic E-state index is -3.61. The van der Waals surface area contributed by atoms with Gasteiger partial charge in [-0.15, -0.1) is 11.3 Å². The number of aromatic nitrogens is 1. The van der Waals surface area contributed by atoms with Crippen LogP contribution in [0.15, 0.2) is 29.2 Å². The number of nitrogens with zero attached hydrogens (tertiary/aromatic N) is 2. The third kappa shape index (κ3) is 4.30. The van der Waals surface area contributed by atoms with Crippen LogP contribution in [0.4, 0.5) is 5.13 Å². The van der Waals surface area contributed by atoms with Gasteiger partial charge in [0.15, 0.2) is 5.13 Å². The molecule has 3 heterocycles. The van der Waals surface area contributed by atoms with E-state index in [1.165, 1.54) is 15.6 Å². The molecule has 0 radical (unpaired) electrons. The average molecular weight is 438 g/mol. The Morgan fingerprint density at radius 2 is 2.17 bits per heavy atom. The molecule has 1 fully saturated rings. The van der Waals surface area contributed by atoms with Gasteiger partial charge in [-0.25, -0.2) is 13.4 Å². The molecule has 0 aliphatic carbocycles. The van der Waals surface area contributed by atoms with Crippen LogP contribution >= 0.6 is 11.3 Å². The Balaban J connectivity index is 1.46. The van der Waals surface area contributed by atoms with Crippen LogP contribution in [0, 0.1) is 0 Å². The summed E-state index contributed by atoms with van der Waals surface area (Å²) in [6, 6.07) is 6.46. The number of sulfonamides is 1. The van der Waals surface area contributed by atoms with E-state index < -0.39 is 16.1 Å². The number of fused-ring (bicyclic) bond motifs is 1. The molecule has 4 rings (SSSR count). The number of rotatable bonds is 6. The highest BCUT2D eigenvalue weighted by Crippen LogP contribution is 2.31. The Bertz CT molecular complexity index is 982. The number of hydrogen-bond donors (Lipinski definition) is 1. The van der Waals surface area contributed by atoms with E-state index in [0.717, 1.165) is 17.0 Å². The lowest BCUT2D eigenvalue weighted by atomic mass is 10.2. The van der Waals surface area contributed by atoms with Crippen molar-refractivity contribution >= 4 is 32.4 Å². The number of hydrogen-bond acceptors (Lipinski definition) is 7. The lowest BCUT2D eigenvalue weighted by Crippen LogP contribution is -2.35. The van der Waals surface area contributed by atoms with Gasteiger partial charge in [-0.1, -0.05) is 0 Å². The fourth-order valence-corrected chi connectivity index (χ4v) is 5.94. The average Bonchev–Trinajstić information content (AvgIpc) is 3.37. The van der Waals surface area contributed by atoms with Gasteiger partial charge in [-0.05, 0) is 44.0 Å². The monoisotopic (exact) mass is 437 g/mol. The van der Waals surface area contributed by atoms with Crippen LogP contribution in [0.25, 0.3) is 0 Å². The first-order valence-corrected chi connectivity index (χ1v) is 11.9. The third-order valence-electron chi connectivity index (χ3n) is 4.92. The molecular formula is C19H23N3O5S2. The molecule has 2 aliphatic heterocycles. The Kier molecular flexibility index (Phi) is 5.86. The Morgan fingerprint density at radius 3 is 2.86 bits per heavy atom. The molecule has 1 N–H and O–H groups in total. The van der Waals surface area contributed by atoms with E-state index >= 15 is 0 Å². The lowest BCUT2D eigenvalue weighted by molar-refractivity contribution is -0.124. The molecule has 1 amide bonds. The van der Waals surface area contributed by atoms with E-state index in [2.05, 4.69) is 10.3 Å². The number of thiazole rings is 1. The second-order valence-electron chi connectivity index (χ2n) is 6.87. The zero-order valence-electron chi connectivity index (χ0n) is 16.1. The van der Waals surface area contributed by atoms with E-state index in [4.69, 9.17) is 9.47 Å². The van der Waals surface area contributed by atoms with Gasteiger partial charge in [0.2, 0.25) is 10.0 Å². The molecule has 1 unspecified atom stereocenters. The first-order valence-electron chi connectivity index (χ1n) is 9.61. The number of carbonyl (C=O) groups is 1. The summed E-state index contributed by atoms with van der Waals surface area (Å²) < 4.78 is 38.2. The molecule has 0 bridgehead atoms. The molecule has 1 aromatic carbocycles. The first kappa shape index (κ1) is 20.3. The molecule has 2 aliphatic rings. The van der Waals surface area contributed by atoms with Crippen molar-refractivity contribution in [1.82, 2.24) is 9.29 Å². The van der Waals surface area contributed by atoms with E-state index in [1.54, 1.807) is 24.3 Å². The SMILES string of the molecule is CCOc1ccc(S(=O)(=O)N2CCc3nc(NC(=O)C4CCCO4)sc3C2)cc1.